The highest BCUT2D eigenvalue weighted by molar-refractivity contribution is 5.83. The molecule has 0 aliphatic heterocycles. The molecule has 0 atom stereocenters. The number of benzene rings is 1. The highest BCUT2D eigenvalue weighted by Gasteiger charge is 2.15. The van der Waals surface area contributed by atoms with Crippen molar-refractivity contribution in [1.82, 2.24) is 20.3 Å². The Morgan fingerprint density at radius 3 is 2.21 bits per heavy atom. The van der Waals surface area contributed by atoms with Crippen molar-refractivity contribution in [2.45, 2.75) is 73.1 Å². The predicted octanol–water partition coefficient (Wildman–Crippen LogP) is 8.13. The molecule has 0 spiro atoms. The lowest BCUT2D eigenvalue weighted by molar-refractivity contribution is 0.641. The van der Waals surface area contributed by atoms with Crippen molar-refractivity contribution in [2.75, 3.05) is 43.6 Å². The number of unbranched alkanes of at least 4 members (excludes halogenated alkanes) is 3. The third kappa shape index (κ3) is 11.0. The van der Waals surface area contributed by atoms with Gasteiger partial charge in [-0.1, -0.05) is 71.6 Å². The van der Waals surface area contributed by atoms with Gasteiger partial charge in [0, 0.05) is 56.6 Å². The third-order valence-corrected chi connectivity index (χ3v) is 5.86. The molecule has 3 rings (SSSR count). The van der Waals surface area contributed by atoms with Gasteiger partial charge in [0.15, 0.2) is 17.5 Å². The Morgan fingerprint density at radius 2 is 1.62 bits per heavy atom. The van der Waals surface area contributed by atoms with Crippen LogP contribution in [0.1, 0.15) is 78.1 Å². The number of aryl methyl sites for hydroxylation is 1. The Labute approximate surface area is 235 Å². The SMILES string of the molecule is CC.CCCCCC.CN/C=C(\C=C(/C)F)c1nc(NC)c(NC)c(NCCCc2c[nH]c3ccccc23)n1. The van der Waals surface area contributed by atoms with Gasteiger partial charge in [-0.2, -0.15) is 0 Å². The van der Waals surface area contributed by atoms with Gasteiger partial charge in [-0.05, 0) is 37.5 Å². The Hall–Kier alpha value is -3.55. The van der Waals surface area contributed by atoms with Crippen molar-refractivity contribution >= 4 is 33.8 Å². The fourth-order valence-corrected chi connectivity index (χ4v) is 4.00. The van der Waals surface area contributed by atoms with Gasteiger partial charge >= 0.3 is 0 Å². The molecule has 3 aromatic rings. The predicted molar refractivity (Wildman–Crippen MR) is 169 cm³/mol. The number of para-hydroxylation sites is 1. The van der Waals surface area contributed by atoms with Gasteiger partial charge in [0.25, 0.3) is 0 Å². The monoisotopic (exact) mass is 539 g/mol. The van der Waals surface area contributed by atoms with E-state index in [1.54, 1.807) is 20.3 Å². The van der Waals surface area contributed by atoms with Gasteiger partial charge in [0.05, 0.1) is 5.83 Å². The second-order valence-corrected chi connectivity index (χ2v) is 8.84. The van der Waals surface area contributed by atoms with E-state index in [0.29, 0.717) is 23.0 Å². The van der Waals surface area contributed by atoms with E-state index >= 15 is 0 Å². The molecule has 0 unspecified atom stereocenters. The number of hydrogen-bond donors (Lipinski definition) is 5. The quantitative estimate of drug-likeness (QED) is 0.111. The molecule has 0 saturated heterocycles. The standard InChI is InChI=1S/C23H30FN7.C6H14.C2H6/c1-15(24)12-17(13-25-2)21-30-22(27-4)20(26-3)23(31-21)28-11-7-8-16-14-29-19-10-6-5-9-18(16)19;1-3-5-6-4-2;1-2/h5-6,9-10,12-14,25-26,29H,7-8,11H2,1-4H3,(H2,27,28,30,31);3-6H2,1-2H3;1-2H3/b15-12+,17-13+;;. The minimum absolute atomic E-state index is 0.318. The molecule has 0 amide bonds. The van der Waals surface area contributed by atoms with Crippen molar-refractivity contribution in [2.24, 2.45) is 0 Å². The number of H-pyrrole nitrogens is 1. The summed E-state index contributed by atoms with van der Waals surface area (Å²) < 4.78 is 13.6. The number of fused-ring (bicyclic) bond motifs is 1. The van der Waals surface area contributed by atoms with Crippen molar-refractivity contribution in [1.29, 1.82) is 0 Å². The lowest BCUT2D eigenvalue weighted by atomic mass is 10.1. The first kappa shape index (κ1) is 33.5. The van der Waals surface area contributed by atoms with Gasteiger partial charge in [-0.3, -0.25) is 0 Å². The van der Waals surface area contributed by atoms with Gasteiger partial charge in [0.2, 0.25) is 0 Å². The molecule has 8 heteroatoms. The summed E-state index contributed by atoms with van der Waals surface area (Å²) in [5, 5.41) is 13.8. The Bertz CT molecular complexity index is 1140. The first-order valence-corrected chi connectivity index (χ1v) is 14.3. The van der Waals surface area contributed by atoms with Crippen LogP contribution in [0.3, 0.4) is 0 Å². The zero-order valence-electron chi connectivity index (χ0n) is 25.3. The van der Waals surface area contributed by atoms with Gasteiger partial charge in [0.1, 0.15) is 5.69 Å². The normalized spacial score (nSPS) is 11.2. The van der Waals surface area contributed by atoms with Crippen molar-refractivity contribution < 1.29 is 4.39 Å². The summed E-state index contributed by atoms with van der Waals surface area (Å²) in [5.41, 5.74) is 3.78. The van der Waals surface area contributed by atoms with Crippen LogP contribution in [0.5, 0.6) is 0 Å². The van der Waals surface area contributed by atoms with Gasteiger partial charge in [-0.15, -0.1) is 0 Å². The van der Waals surface area contributed by atoms with Crippen LogP contribution in [0.25, 0.3) is 16.5 Å². The van der Waals surface area contributed by atoms with Crippen molar-refractivity contribution in [3.05, 3.63) is 60.0 Å². The molecule has 216 valence electrons. The van der Waals surface area contributed by atoms with Crippen LogP contribution in [0.2, 0.25) is 0 Å². The number of rotatable bonds is 13. The van der Waals surface area contributed by atoms with Crippen molar-refractivity contribution in [3.63, 3.8) is 0 Å². The molecule has 2 aromatic heterocycles. The molecule has 0 saturated carbocycles. The van der Waals surface area contributed by atoms with Crippen LogP contribution >= 0.6 is 0 Å². The summed E-state index contributed by atoms with van der Waals surface area (Å²) in [7, 11) is 5.38. The lowest BCUT2D eigenvalue weighted by Crippen LogP contribution is -2.12. The first-order valence-electron chi connectivity index (χ1n) is 14.3. The van der Waals surface area contributed by atoms with Crippen LogP contribution in [-0.4, -0.2) is 42.6 Å². The zero-order valence-corrected chi connectivity index (χ0v) is 25.3. The Balaban J connectivity index is 0.000000839. The largest absolute Gasteiger partial charge is 0.393 e. The molecular weight excluding hydrogens is 489 g/mol. The van der Waals surface area contributed by atoms with E-state index in [2.05, 4.69) is 74.5 Å². The van der Waals surface area contributed by atoms with E-state index in [9.17, 15) is 4.39 Å². The molecule has 5 N–H and O–H groups in total. The fraction of sp³-hybridized carbons (Fsp3) is 0.484. The minimum atomic E-state index is -0.318. The number of anilines is 3. The number of aromatic amines is 1. The summed E-state index contributed by atoms with van der Waals surface area (Å²) >= 11 is 0. The van der Waals surface area contributed by atoms with Crippen LogP contribution in [0.15, 0.2) is 48.6 Å². The number of aromatic nitrogens is 3. The fourth-order valence-electron chi connectivity index (χ4n) is 4.00. The average molecular weight is 540 g/mol. The number of nitrogens with zero attached hydrogens (tertiary/aromatic N) is 2. The highest BCUT2D eigenvalue weighted by atomic mass is 19.1. The van der Waals surface area contributed by atoms with Crippen molar-refractivity contribution in [3.8, 4) is 0 Å². The second kappa shape index (κ2) is 19.5. The minimum Gasteiger partial charge on any atom is -0.393 e. The number of hydrogen-bond acceptors (Lipinski definition) is 6. The highest BCUT2D eigenvalue weighted by Crippen LogP contribution is 2.29. The third-order valence-electron chi connectivity index (χ3n) is 5.86. The van der Waals surface area contributed by atoms with E-state index in [1.807, 2.05) is 27.0 Å². The Kier molecular flexibility index (Phi) is 16.7. The Morgan fingerprint density at radius 1 is 0.949 bits per heavy atom. The van der Waals surface area contributed by atoms with E-state index in [0.717, 1.165) is 30.6 Å². The maximum Gasteiger partial charge on any atom is 0.165 e. The van der Waals surface area contributed by atoms with Gasteiger partial charge < -0.3 is 26.3 Å². The maximum atomic E-state index is 13.6. The van der Waals surface area contributed by atoms with Crippen LogP contribution < -0.4 is 21.3 Å². The summed E-state index contributed by atoms with van der Waals surface area (Å²) in [6.45, 7) is 10.6. The first-order chi connectivity index (χ1) is 19.0. The molecule has 0 fully saturated rings. The summed E-state index contributed by atoms with van der Waals surface area (Å²) in [5.74, 6) is 1.41. The lowest BCUT2D eigenvalue weighted by Gasteiger charge is -2.16. The smallest absolute Gasteiger partial charge is 0.165 e. The molecule has 0 bridgehead atoms. The summed E-state index contributed by atoms with van der Waals surface area (Å²) in [6.07, 6.45) is 12.6. The van der Waals surface area contributed by atoms with Gasteiger partial charge in [-0.25, -0.2) is 14.4 Å². The molecule has 39 heavy (non-hydrogen) atoms. The van der Waals surface area contributed by atoms with Crippen LogP contribution in [0, 0.1) is 0 Å². The molecule has 1 aromatic carbocycles. The average Bonchev–Trinajstić information content (AvgIpc) is 3.37. The molecule has 7 nitrogen and oxygen atoms in total. The molecular formula is C31H50FN7. The van der Waals surface area contributed by atoms with E-state index < -0.39 is 0 Å². The summed E-state index contributed by atoms with van der Waals surface area (Å²) in [6, 6.07) is 8.32. The van der Waals surface area contributed by atoms with Crippen LogP contribution in [0.4, 0.5) is 21.7 Å². The van der Waals surface area contributed by atoms with E-state index in [4.69, 9.17) is 0 Å². The molecule has 0 aliphatic carbocycles. The molecule has 0 aliphatic rings. The van der Waals surface area contributed by atoms with E-state index in [1.165, 1.54) is 49.6 Å². The number of nitrogens with one attached hydrogen (secondary N) is 5. The molecule has 0 radical (unpaired) electrons. The van der Waals surface area contributed by atoms with Crippen LogP contribution in [-0.2, 0) is 6.42 Å². The number of allylic oxidation sites excluding steroid dienone is 3. The summed E-state index contributed by atoms with van der Waals surface area (Å²) in [4.78, 5) is 12.5. The maximum absolute atomic E-state index is 13.6. The topological polar surface area (TPSA) is 89.7 Å². The zero-order chi connectivity index (χ0) is 29.0. The van der Waals surface area contributed by atoms with E-state index in [-0.39, 0.29) is 5.83 Å². The second-order valence-electron chi connectivity index (χ2n) is 8.84. The number of halogens is 1. The molecule has 2 heterocycles.